The summed E-state index contributed by atoms with van der Waals surface area (Å²) >= 11 is 0. The summed E-state index contributed by atoms with van der Waals surface area (Å²) in [5.74, 6) is 0. The van der Waals surface area contributed by atoms with Gasteiger partial charge in [0.2, 0.25) is 0 Å². The molecule has 1 aromatic heterocycles. The van der Waals surface area contributed by atoms with Crippen molar-refractivity contribution in [3.63, 3.8) is 0 Å². The first-order valence-corrected chi connectivity index (χ1v) is 5.64. The highest BCUT2D eigenvalue weighted by molar-refractivity contribution is 5.40. The highest BCUT2D eigenvalue weighted by Crippen LogP contribution is 2.07. The largest absolute Gasteiger partial charge is 0.376 e. The highest BCUT2D eigenvalue weighted by Gasteiger charge is 2.15. The molecule has 1 aromatic rings. The first-order chi connectivity index (χ1) is 7.66. The minimum atomic E-state index is -0.0279. The third kappa shape index (κ3) is 2.41. The maximum atomic E-state index is 11.8. The summed E-state index contributed by atoms with van der Waals surface area (Å²) in [5, 5.41) is 7.54. The summed E-state index contributed by atoms with van der Waals surface area (Å²) in [6.07, 6.45) is 4.05. The lowest BCUT2D eigenvalue weighted by Gasteiger charge is -2.14. The van der Waals surface area contributed by atoms with E-state index < -0.39 is 0 Å². The van der Waals surface area contributed by atoms with Crippen LogP contribution in [-0.2, 0) is 6.54 Å². The van der Waals surface area contributed by atoms with Gasteiger partial charge >= 0.3 is 0 Å². The normalized spacial score (nSPS) is 20.0. The molecule has 2 rings (SSSR count). The van der Waals surface area contributed by atoms with Gasteiger partial charge in [-0.2, -0.15) is 5.10 Å². The molecule has 0 saturated carbocycles. The minimum Gasteiger partial charge on any atom is -0.376 e. The fourth-order valence-corrected chi connectivity index (χ4v) is 1.93. The van der Waals surface area contributed by atoms with E-state index in [1.54, 1.807) is 12.3 Å². The van der Waals surface area contributed by atoms with E-state index in [9.17, 15) is 4.79 Å². The summed E-state index contributed by atoms with van der Waals surface area (Å²) in [6, 6.07) is 2.03. The van der Waals surface area contributed by atoms with Gasteiger partial charge in [-0.1, -0.05) is 0 Å². The molecule has 16 heavy (non-hydrogen) atoms. The van der Waals surface area contributed by atoms with Gasteiger partial charge in [-0.05, 0) is 19.4 Å². The molecule has 1 saturated heterocycles. The molecule has 1 aliphatic rings. The Balaban J connectivity index is 2.13. The van der Waals surface area contributed by atoms with Gasteiger partial charge in [-0.3, -0.25) is 4.79 Å². The van der Waals surface area contributed by atoms with Crippen LogP contribution in [0.3, 0.4) is 0 Å². The van der Waals surface area contributed by atoms with E-state index in [0.29, 0.717) is 12.6 Å². The molecule has 0 spiro atoms. The molecular formula is C11H18N4O. The minimum absolute atomic E-state index is 0.0279. The molecule has 1 fully saturated rings. The van der Waals surface area contributed by atoms with Gasteiger partial charge in [0.25, 0.3) is 5.56 Å². The molecule has 0 aromatic carbocycles. The van der Waals surface area contributed by atoms with Crippen LogP contribution in [0, 0.1) is 0 Å². The number of nitrogens with zero attached hydrogens (tertiary/aromatic N) is 3. The van der Waals surface area contributed by atoms with E-state index in [1.807, 2.05) is 19.0 Å². The lowest BCUT2D eigenvalue weighted by Crippen LogP contribution is -2.33. The lowest BCUT2D eigenvalue weighted by atomic mass is 10.2. The van der Waals surface area contributed by atoms with Crippen LogP contribution < -0.4 is 15.8 Å². The molecular weight excluding hydrogens is 204 g/mol. The predicted octanol–water partition coefficient (Wildman–Crippen LogP) is 0.0613. The zero-order valence-electron chi connectivity index (χ0n) is 9.81. The Morgan fingerprint density at radius 2 is 2.44 bits per heavy atom. The van der Waals surface area contributed by atoms with E-state index in [2.05, 4.69) is 10.4 Å². The van der Waals surface area contributed by atoms with E-state index in [-0.39, 0.29) is 5.56 Å². The van der Waals surface area contributed by atoms with Gasteiger partial charge in [0, 0.05) is 26.2 Å². The van der Waals surface area contributed by atoms with Crippen LogP contribution in [0.5, 0.6) is 0 Å². The summed E-state index contributed by atoms with van der Waals surface area (Å²) in [7, 11) is 3.80. The lowest BCUT2D eigenvalue weighted by molar-refractivity contribution is 0.459. The third-order valence-corrected chi connectivity index (χ3v) is 2.93. The van der Waals surface area contributed by atoms with E-state index in [1.165, 1.54) is 11.1 Å². The fraction of sp³-hybridized carbons (Fsp3) is 0.636. The Bertz CT molecular complexity index is 407. The molecule has 0 amide bonds. The predicted molar refractivity (Wildman–Crippen MR) is 63.8 cm³/mol. The Morgan fingerprint density at radius 3 is 3.00 bits per heavy atom. The van der Waals surface area contributed by atoms with Crippen LogP contribution >= 0.6 is 0 Å². The SMILES string of the molecule is CN(C)c1cnn(C[C@H]2CCCN2)c(=O)c1. The molecule has 0 unspecified atom stereocenters. The first kappa shape index (κ1) is 11.1. The number of hydrogen-bond donors (Lipinski definition) is 1. The summed E-state index contributed by atoms with van der Waals surface area (Å²) in [6.45, 7) is 1.72. The number of aromatic nitrogens is 2. The van der Waals surface area contributed by atoms with Crippen molar-refractivity contribution >= 4 is 5.69 Å². The summed E-state index contributed by atoms with van der Waals surface area (Å²) in [4.78, 5) is 13.7. The maximum Gasteiger partial charge on any atom is 0.268 e. The second-order valence-electron chi connectivity index (χ2n) is 4.42. The van der Waals surface area contributed by atoms with Crippen molar-refractivity contribution in [2.45, 2.75) is 25.4 Å². The molecule has 0 bridgehead atoms. The highest BCUT2D eigenvalue weighted by atomic mass is 16.1. The van der Waals surface area contributed by atoms with Crippen LogP contribution in [0.1, 0.15) is 12.8 Å². The quantitative estimate of drug-likeness (QED) is 0.786. The Labute approximate surface area is 95.1 Å². The maximum absolute atomic E-state index is 11.8. The molecule has 5 nitrogen and oxygen atoms in total. The zero-order valence-corrected chi connectivity index (χ0v) is 9.81. The second-order valence-corrected chi connectivity index (χ2v) is 4.42. The number of rotatable bonds is 3. The number of nitrogens with one attached hydrogen (secondary N) is 1. The van der Waals surface area contributed by atoms with Gasteiger partial charge in [-0.15, -0.1) is 0 Å². The van der Waals surface area contributed by atoms with Crippen molar-refractivity contribution in [3.8, 4) is 0 Å². The van der Waals surface area contributed by atoms with Gasteiger partial charge in [-0.25, -0.2) is 4.68 Å². The molecule has 0 radical (unpaired) electrons. The standard InChI is InChI=1S/C11H18N4O/c1-14(2)10-6-11(16)15(13-7-10)8-9-4-3-5-12-9/h6-7,9,12H,3-5,8H2,1-2H3/t9-/m1/s1. The van der Waals surface area contributed by atoms with Gasteiger partial charge in [0.15, 0.2) is 0 Å². The topological polar surface area (TPSA) is 50.2 Å². The Hall–Kier alpha value is -1.36. The van der Waals surface area contributed by atoms with Crippen molar-refractivity contribution in [1.82, 2.24) is 15.1 Å². The van der Waals surface area contributed by atoms with Crippen molar-refractivity contribution < 1.29 is 0 Å². The molecule has 2 heterocycles. The van der Waals surface area contributed by atoms with Crippen LogP contribution in [0.15, 0.2) is 17.1 Å². The molecule has 1 atom stereocenters. The van der Waals surface area contributed by atoms with Gasteiger partial charge in [0.05, 0.1) is 18.4 Å². The second kappa shape index (κ2) is 4.65. The van der Waals surface area contributed by atoms with Crippen LogP contribution in [0.4, 0.5) is 5.69 Å². The average Bonchev–Trinajstić information content (AvgIpc) is 2.73. The smallest absolute Gasteiger partial charge is 0.268 e. The van der Waals surface area contributed by atoms with Crippen molar-refractivity contribution in [3.05, 3.63) is 22.6 Å². The number of hydrogen-bond acceptors (Lipinski definition) is 4. The van der Waals surface area contributed by atoms with E-state index in [4.69, 9.17) is 0 Å². The molecule has 1 N–H and O–H groups in total. The van der Waals surface area contributed by atoms with Crippen molar-refractivity contribution in [2.75, 3.05) is 25.5 Å². The fourth-order valence-electron chi connectivity index (χ4n) is 1.93. The van der Waals surface area contributed by atoms with Crippen molar-refractivity contribution in [2.24, 2.45) is 0 Å². The zero-order chi connectivity index (χ0) is 11.5. The third-order valence-electron chi connectivity index (χ3n) is 2.93. The van der Waals surface area contributed by atoms with Crippen LogP contribution in [0.2, 0.25) is 0 Å². The molecule has 88 valence electrons. The average molecular weight is 222 g/mol. The summed E-state index contributed by atoms with van der Waals surface area (Å²) < 4.78 is 1.54. The Morgan fingerprint density at radius 1 is 1.62 bits per heavy atom. The van der Waals surface area contributed by atoms with Gasteiger partial charge < -0.3 is 10.2 Å². The Kier molecular flexibility index (Phi) is 3.24. The first-order valence-electron chi connectivity index (χ1n) is 5.64. The van der Waals surface area contributed by atoms with Gasteiger partial charge in [0.1, 0.15) is 0 Å². The van der Waals surface area contributed by atoms with Crippen LogP contribution in [-0.4, -0.2) is 36.5 Å². The van der Waals surface area contributed by atoms with E-state index >= 15 is 0 Å². The van der Waals surface area contributed by atoms with E-state index in [0.717, 1.165) is 18.7 Å². The van der Waals surface area contributed by atoms with Crippen LogP contribution in [0.25, 0.3) is 0 Å². The molecule has 5 heteroatoms. The monoisotopic (exact) mass is 222 g/mol. The molecule has 1 aliphatic heterocycles. The number of anilines is 1. The molecule has 0 aliphatic carbocycles. The summed E-state index contributed by atoms with van der Waals surface area (Å²) in [5.41, 5.74) is 0.820. The van der Waals surface area contributed by atoms with Crippen molar-refractivity contribution in [1.29, 1.82) is 0 Å².